The highest BCUT2D eigenvalue weighted by Crippen LogP contribution is 2.29. The summed E-state index contributed by atoms with van der Waals surface area (Å²) < 4.78 is 0. The van der Waals surface area contributed by atoms with Gasteiger partial charge in [-0.05, 0) is 57.8 Å². The van der Waals surface area contributed by atoms with Crippen molar-refractivity contribution in [1.29, 1.82) is 0 Å². The van der Waals surface area contributed by atoms with Gasteiger partial charge < -0.3 is 10.2 Å². The second kappa shape index (κ2) is 11.5. The van der Waals surface area contributed by atoms with Crippen molar-refractivity contribution in [2.45, 2.75) is 58.7 Å². The van der Waals surface area contributed by atoms with Crippen molar-refractivity contribution < 1.29 is 4.79 Å². The second-order valence-electron chi connectivity index (χ2n) is 9.63. The van der Waals surface area contributed by atoms with Crippen LogP contribution in [0, 0.1) is 6.92 Å². The van der Waals surface area contributed by atoms with Crippen molar-refractivity contribution in [3.63, 3.8) is 0 Å². The number of anilines is 1. The third kappa shape index (κ3) is 5.91. The predicted molar refractivity (Wildman–Crippen MR) is 140 cm³/mol. The monoisotopic (exact) mass is 483 g/mol. The number of nitrogens with zero attached hydrogens (tertiary/aromatic N) is 4. The number of rotatable bonds is 7. The van der Waals surface area contributed by atoms with Gasteiger partial charge in [0.1, 0.15) is 5.82 Å². The van der Waals surface area contributed by atoms with Gasteiger partial charge in [-0.15, -0.1) is 0 Å². The summed E-state index contributed by atoms with van der Waals surface area (Å²) in [5.41, 5.74) is 3.24. The number of benzene rings is 1. The van der Waals surface area contributed by atoms with Crippen LogP contribution in [-0.2, 0) is 6.54 Å². The zero-order valence-electron chi connectivity index (χ0n) is 20.8. The summed E-state index contributed by atoms with van der Waals surface area (Å²) in [5, 5.41) is 3.36. The Morgan fingerprint density at radius 1 is 1.12 bits per heavy atom. The quantitative estimate of drug-likeness (QED) is 0.634. The molecule has 0 aliphatic carbocycles. The molecule has 6 nitrogen and oxygen atoms in total. The van der Waals surface area contributed by atoms with E-state index in [0.29, 0.717) is 29.2 Å². The minimum Gasteiger partial charge on any atom is -0.353 e. The first-order chi connectivity index (χ1) is 16.5. The van der Waals surface area contributed by atoms with Gasteiger partial charge in [-0.2, -0.15) is 0 Å². The number of hydrogen-bond acceptors (Lipinski definition) is 5. The molecule has 2 aliphatic heterocycles. The van der Waals surface area contributed by atoms with Crippen LogP contribution in [-0.4, -0.2) is 72.0 Å². The SMILES string of the molecule is CCNC(=O)c1cnc(N2CCN(C3CCN(Cc4ccc(C)cc4)CC3)C(CC)C2)c(Cl)c1. The minimum absolute atomic E-state index is 0.131. The maximum atomic E-state index is 12.1. The molecule has 1 unspecified atom stereocenters. The average molecular weight is 484 g/mol. The smallest absolute Gasteiger partial charge is 0.252 e. The number of piperidine rings is 1. The Morgan fingerprint density at radius 3 is 2.50 bits per heavy atom. The van der Waals surface area contributed by atoms with E-state index in [-0.39, 0.29) is 5.91 Å². The Morgan fingerprint density at radius 2 is 1.85 bits per heavy atom. The molecule has 34 heavy (non-hydrogen) atoms. The van der Waals surface area contributed by atoms with Gasteiger partial charge in [0.2, 0.25) is 0 Å². The lowest BCUT2D eigenvalue weighted by atomic mass is 9.97. The number of carbonyl (C=O) groups excluding carboxylic acids is 1. The fourth-order valence-corrected chi connectivity index (χ4v) is 5.60. The fraction of sp³-hybridized carbons (Fsp3) is 0.556. The molecule has 1 aromatic heterocycles. The minimum atomic E-state index is -0.131. The molecule has 1 aromatic carbocycles. The largest absolute Gasteiger partial charge is 0.353 e. The molecule has 2 saturated heterocycles. The highest BCUT2D eigenvalue weighted by atomic mass is 35.5. The lowest BCUT2D eigenvalue weighted by Gasteiger charge is -2.47. The van der Waals surface area contributed by atoms with Crippen molar-refractivity contribution >= 4 is 23.3 Å². The van der Waals surface area contributed by atoms with E-state index in [2.05, 4.69) is 63.1 Å². The number of carbonyl (C=O) groups is 1. The van der Waals surface area contributed by atoms with Crippen LogP contribution in [0.2, 0.25) is 5.02 Å². The average Bonchev–Trinajstić information content (AvgIpc) is 2.85. The standard InChI is InChI=1S/C27H38ClN5O/c1-4-23-19-32(26-25(28)16-22(17-30-26)27(34)29-5-2)14-15-33(23)24-10-12-31(13-11-24)18-21-8-6-20(3)7-9-21/h6-9,16-17,23-24H,4-5,10-15,18-19H2,1-3H3,(H,29,34). The van der Waals surface area contributed by atoms with Crippen LogP contribution < -0.4 is 10.2 Å². The third-order valence-corrected chi connectivity index (χ3v) is 7.55. The molecule has 0 radical (unpaired) electrons. The fourth-order valence-electron chi connectivity index (χ4n) is 5.32. The topological polar surface area (TPSA) is 51.7 Å². The first kappa shape index (κ1) is 25.0. The van der Waals surface area contributed by atoms with Crippen molar-refractivity contribution in [1.82, 2.24) is 20.1 Å². The summed E-state index contributed by atoms with van der Waals surface area (Å²) in [7, 11) is 0. The number of amides is 1. The number of likely N-dealkylation sites (tertiary alicyclic amines) is 1. The van der Waals surface area contributed by atoms with Gasteiger partial charge in [-0.3, -0.25) is 14.6 Å². The van der Waals surface area contributed by atoms with Crippen molar-refractivity contribution in [2.24, 2.45) is 0 Å². The molecule has 2 fully saturated rings. The van der Waals surface area contributed by atoms with Crippen LogP contribution in [0.15, 0.2) is 36.5 Å². The van der Waals surface area contributed by atoms with Crippen molar-refractivity contribution in [3.05, 3.63) is 58.2 Å². The number of hydrogen-bond donors (Lipinski definition) is 1. The summed E-state index contributed by atoms with van der Waals surface area (Å²) in [6.45, 7) is 13.1. The number of pyridine rings is 1. The molecular formula is C27H38ClN5O. The van der Waals surface area contributed by atoms with E-state index in [4.69, 9.17) is 11.6 Å². The highest BCUT2D eigenvalue weighted by Gasteiger charge is 2.34. The summed E-state index contributed by atoms with van der Waals surface area (Å²) in [6.07, 6.45) is 5.20. The first-order valence-electron chi connectivity index (χ1n) is 12.7. The molecule has 4 rings (SSSR count). The molecule has 0 spiro atoms. The van der Waals surface area contributed by atoms with E-state index >= 15 is 0 Å². The van der Waals surface area contributed by atoms with Crippen LogP contribution in [0.3, 0.4) is 0 Å². The van der Waals surface area contributed by atoms with E-state index in [9.17, 15) is 4.79 Å². The third-order valence-electron chi connectivity index (χ3n) is 7.27. The molecule has 184 valence electrons. The van der Waals surface area contributed by atoms with Gasteiger partial charge >= 0.3 is 0 Å². The van der Waals surface area contributed by atoms with Crippen molar-refractivity contribution in [2.75, 3.05) is 44.2 Å². The Hall–Kier alpha value is -2.15. The normalized spacial score (nSPS) is 20.5. The molecule has 1 N–H and O–H groups in total. The predicted octanol–water partition coefficient (Wildman–Crippen LogP) is 4.36. The lowest BCUT2D eigenvalue weighted by molar-refractivity contribution is 0.0610. The zero-order chi connectivity index (χ0) is 24.1. The number of nitrogens with one attached hydrogen (secondary N) is 1. The zero-order valence-corrected chi connectivity index (χ0v) is 21.5. The molecule has 0 bridgehead atoms. The van der Waals surface area contributed by atoms with E-state index in [1.165, 1.54) is 24.0 Å². The van der Waals surface area contributed by atoms with E-state index < -0.39 is 0 Å². The van der Waals surface area contributed by atoms with Gasteiger partial charge in [0.15, 0.2) is 0 Å². The van der Waals surface area contributed by atoms with E-state index in [1.54, 1.807) is 12.3 Å². The van der Waals surface area contributed by atoms with Crippen molar-refractivity contribution in [3.8, 4) is 0 Å². The first-order valence-corrected chi connectivity index (χ1v) is 13.1. The molecule has 2 aliphatic rings. The van der Waals surface area contributed by atoms with Gasteiger partial charge in [0.05, 0.1) is 10.6 Å². The van der Waals surface area contributed by atoms with Gasteiger partial charge in [-0.1, -0.05) is 48.4 Å². The van der Waals surface area contributed by atoms with Gasteiger partial charge in [0.25, 0.3) is 5.91 Å². The molecule has 3 heterocycles. The Bertz CT molecular complexity index is 958. The number of halogens is 1. The molecule has 1 amide bonds. The Balaban J connectivity index is 1.33. The van der Waals surface area contributed by atoms with E-state index in [1.807, 2.05) is 6.92 Å². The van der Waals surface area contributed by atoms with Crippen LogP contribution in [0.5, 0.6) is 0 Å². The van der Waals surface area contributed by atoms with E-state index in [0.717, 1.165) is 51.5 Å². The lowest BCUT2D eigenvalue weighted by Crippen LogP contribution is -2.58. The second-order valence-corrected chi connectivity index (χ2v) is 10.0. The summed E-state index contributed by atoms with van der Waals surface area (Å²) >= 11 is 6.57. The van der Waals surface area contributed by atoms with Crippen LogP contribution in [0.1, 0.15) is 54.6 Å². The number of aryl methyl sites for hydroxylation is 1. The molecule has 0 saturated carbocycles. The Labute approximate surface area is 209 Å². The summed E-state index contributed by atoms with van der Waals surface area (Å²) in [4.78, 5) is 24.3. The van der Waals surface area contributed by atoms with Crippen LogP contribution in [0.25, 0.3) is 0 Å². The van der Waals surface area contributed by atoms with Crippen LogP contribution in [0.4, 0.5) is 5.82 Å². The van der Waals surface area contributed by atoms with Crippen LogP contribution >= 0.6 is 11.6 Å². The summed E-state index contributed by atoms with van der Waals surface area (Å²) in [5.74, 6) is 0.661. The molecule has 1 atom stereocenters. The highest BCUT2D eigenvalue weighted by molar-refractivity contribution is 6.33. The molecule has 2 aromatic rings. The van der Waals surface area contributed by atoms with Gasteiger partial charge in [-0.25, -0.2) is 4.98 Å². The Kier molecular flexibility index (Phi) is 8.46. The number of piperazine rings is 1. The maximum Gasteiger partial charge on any atom is 0.252 e. The number of aromatic nitrogens is 1. The maximum absolute atomic E-state index is 12.1. The molecule has 7 heteroatoms. The van der Waals surface area contributed by atoms with Gasteiger partial charge in [0, 0.05) is 51.0 Å². The molecular weight excluding hydrogens is 446 g/mol. The summed E-state index contributed by atoms with van der Waals surface area (Å²) in [6, 6.07) is 11.8.